The maximum atomic E-state index is 12.7. The minimum atomic E-state index is -3.61. The van der Waals surface area contributed by atoms with E-state index in [4.69, 9.17) is 9.47 Å². The molecule has 28 heavy (non-hydrogen) atoms. The summed E-state index contributed by atoms with van der Waals surface area (Å²) in [5.74, 6) is 1.16. The summed E-state index contributed by atoms with van der Waals surface area (Å²) < 4.78 is 38.1. The summed E-state index contributed by atoms with van der Waals surface area (Å²) in [4.78, 5) is 14.6. The Hall–Kier alpha value is -2.58. The van der Waals surface area contributed by atoms with Gasteiger partial charge in [-0.05, 0) is 55.3 Å². The summed E-state index contributed by atoms with van der Waals surface area (Å²) in [5.41, 5.74) is 0.566. The third kappa shape index (κ3) is 4.63. The summed E-state index contributed by atoms with van der Waals surface area (Å²) in [6, 6.07) is 13.1. The number of ether oxygens (including phenoxy) is 2. The Bertz CT molecular complexity index is 920. The molecule has 0 unspecified atom stereocenters. The summed E-state index contributed by atoms with van der Waals surface area (Å²) in [6.45, 7) is 0.984. The van der Waals surface area contributed by atoms with Crippen molar-refractivity contribution in [1.29, 1.82) is 0 Å². The van der Waals surface area contributed by atoms with Crippen molar-refractivity contribution in [3.05, 3.63) is 54.1 Å². The van der Waals surface area contributed by atoms with Gasteiger partial charge in [-0.25, -0.2) is 13.1 Å². The first kappa shape index (κ1) is 20.2. The van der Waals surface area contributed by atoms with E-state index in [2.05, 4.69) is 4.72 Å². The number of sulfonamides is 1. The Balaban J connectivity index is 1.59. The third-order valence-corrected chi connectivity index (χ3v) is 6.33. The third-order valence-electron chi connectivity index (χ3n) is 4.79. The smallest absolute Gasteiger partial charge is 0.253 e. The van der Waals surface area contributed by atoms with Gasteiger partial charge >= 0.3 is 0 Å². The van der Waals surface area contributed by atoms with Gasteiger partial charge in [0.1, 0.15) is 11.5 Å². The van der Waals surface area contributed by atoms with Crippen molar-refractivity contribution in [2.75, 3.05) is 27.3 Å². The fraction of sp³-hybridized carbons (Fsp3) is 0.350. The van der Waals surface area contributed by atoms with Crippen LogP contribution in [-0.2, 0) is 10.0 Å². The molecule has 0 radical (unpaired) electrons. The molecule has 0 bridgehead atoms. The van der Waals surface area contributed by atoms with Gasteiger partial charge in [0.15, 0.2) is 0 Å². The normalized spacial score (nSPS) is 15.3. The second kappa shape index (κ2) is 8.62. The molecule has 3 rings (SSSR count). The molecule has 0 saturated carbocycles. The maximum absolute atomic E-state index is 12.7. The largest absolute Gasteiger partial charge is 0.497 e. The minimum absolute atomic E-state index is 0.0737. The van der Waals surface area contributed by atoms with Crippen LogP contribution in [0, 0.1) is 0 Å². The van der Waals surface area contributed by atoms with Gasteiger partial charge in [0, 0.05) is 24.7 Å². The van der Waals surface area contributed by atoms with E-state index in [0.29, 0.717) is 43.0 Å². The quantitative estimate of drug-likeness (QED) is 0.799. The van der Waals surface area contributed by atoms with Gasteiger partial charge in [0.05, 0.1) is 19.1 Å². The van der Waals surface area contributed by atoms with Gasteiger partial charge in [0.25, 0.3) is 5.91 Å². The molecule has 0 aromatic heterocycles. The molecule has 0 aliphatic carbocycles. The molecule has 1 heterocycles. The van der Waals surface area contributed by atoms with Gasteiger partial charge in [0.2, 0.25) is 10.0 Å². The number of hydrogen-bond donors (Lipinski definition) is 1. The van der Waals surface area contributed by atoms with Gasteiger partial charge in [-0.2, -0.15) is 0 Å². The molecular formula is C20H24N2O5S. The lowest BCUT2D eigenvalue weighted by Crippen LogP contribution is -2.46. The zero-order valence-electron chi connectivity index (χ0n) is 15.9. The zero-order chi connectivity index (χ0) is 20.1. The second-order valence-corrected chi connectivity index (χ2v) is 8.31. The van der Waals surface area contributed by atoms with E-state index in [0.717, 1.165) is 0 Å². The Labute approximate surface area is 165 Å². The van der Waals surface area contributed by atoms with E-state index in [1.807, 2.05) is 0 Å². The molecule has 2 aromatic carbocycles. The molecule has 1 N–H and O–H groups in total. The maximum Gasteiger partial charge on any atom is 0.253 e. The molecule has 150 valence electrons. The van der Waals surface area contributed by atoms with Crippen molar-refractivity contribution in [1.82, 2.24) is 9.62 Å². The summed E-state index contributed by atoms with van der Waals surface area (Å²) >= 11 is 0. The number of likely N-dealkylation sites (tertiary alicyclic amines) is 1. The van der Waals surface area contributed by atoms with Gasteiger partial charge < -0.3 is 14.4 Å². The van der Waals surface area contributed by atoms with Crippen molar-refractivity contribution in [3.8, 4) is 11.5 Å². The molecule has 8 heteroatoms. The van der Waals surface area contributed by atoms with Crippen LogP contribution >= 0.6 is 0 Å². The zero-order valence-corrected chi connectivity index (χ0v) is 16.7. The topological polar surface area (TPSA) is 84.9 Å². The van der Waals surface area contributed by atoms with Crippen LogP contribution in [0.2, 0.25) is 0 Å². The average molecular weight is 404 g/mol. The Morgan fingerprint density at radius 1 is 1.00 bits per heavy atom. The number of carbonyl (C=O) groups is 1. The molecule has 1 fully saturated rings. The number of amides is 1. The first-order chi connectivity index (χ1) is 13.4. The van der Waals surface area contributed by atoms with Crippen LogP contribution in [-0.4, -0.2) is 52.6 Å². The SMILES string of the molecule is COc1ccc(S(=O)(=O)NC2CCN(C(=O)c3cccc(OC)c3)CC2)cc1. The van der Waals surface area contributed by atoms with Gasteiger partial charge in [-0.15, -0.1) is 0 Å². The molecule has 1 amide bonds. The molecule has 1 aliphatic heterocycles. The summed E-state index contributed by atoms with van der Waals surface area (Å²) in [5, 5.41) is 0. The van der Waals surface area contributed by atoms with Crippen LogP contribution in [0.25, 0.3) is 0 Å². The number of piperidine rings is 1. The minimum Gasteiger partial charge on any atom is -0.497 e. The predicted molar refractivity (Wildman–Crippen MR) is 105 cm³/mol. The Kier molecular flexibility index (Phi) is 6.21. The van der Waals surface area contributed by atoms with Crippen LogP contribution in [0.5, 0.6) is 11.5 Å². The highest BCUT2D eigenvalue weighted by Crippen LogP contribution is 2.20. The second-order valence-electron chi connectivity index (χ2n) is 6.60. The molecule has 2 aromatic rings. The van der Waals surface area contributed by atoms with Crippen molar-refractivity contribution in [3.63, 3.8) is 0 Å². The van der Waals surface area contributed by atoms with Gasteiger partial charge in [-0.3, -0.25) is 4.79 Å². The lowest BCUT2D eigenvalue weighted by Gasteiger charge is -2.32. The standard InChI is InChI=1S/C20H24N2O5S/c1-26-17-6-8-19(9-7-17)28(24,25)21-16-10-12-22(13-11-16)20(23)15-4-3-5-18(14-15)27-2/h3-9,14,16,21H,10-13H2,1-2H3. The van der Waals surface area contributed by atoms with E-state index in [1.165, 1.54) is 19.2 Å². The Morgan fingerprint density at radius 3 is 2.25 bits per heavy atom. The number of carbonyl (C=O) groups excluding carboxylic acids is 1. The van der Waals surface area contributed by atoms with E-state index in [-0.39, 0.29) is 16.8 Å². The van der Waals surface area contributed by atoms with Crippen LogP contribution in [0.3, 0.4) is 0 Å². The van der Waals surface area contributed by atoms with Crippen molar-refractivity contribution >= 4 is 15.9 Å². The fourth-order valence-corrected chi connectivity index (χ4v) is 4.49. The van der Waals surface area contributed by atoms with Crippen LogP contribution in [0.4, 0.5) is 0 Å². The summed E-state index contributed by atoms with van der Waals surface area (Å²) in [6.07, 6.45) is 1.12. The first-order valence-corrected chi connectivity index (χ1v) is 10.5. The van der Waals surface area contributed by atoms with E-state index in [9.17, 15) is 13.2 Å². The van der Waals surface area contributed by atoms with Crippen LogP contribution in [0.15, 0.2) is 53.4 Å². The molecule has 1 aliphatic rings. The monoisotopic (exact) mass is 404 g/mol. The average Bonchev–Trinajstić information content (AvgIpc) is 2.73. The van der Waals surface area contributed by atoms with Crippen LogP contribution < -0.4 is 14.2 Å². The highest BCUT2D eigenvalue weighted by molar-refractivity contribution is 7.89. The van der Waals surface area contributed by atoms with Gasteiger partial charge in [-0.1, -0.05) is 6.07 Å². The molecule has 0 spiro atoms. The van der Waals surface area contributed by atoms with E-state index >= 15 is 0 Å². The first-order valence-electron chi connectivity index (χ1n) is 9.02. The van der Waals surface area contributed by atoms with E-state index in [1.54, 1.807) is 48.4 Å². The van der Waals surface area contributed by atoms with Crippen molar-refractivity contribution in [2.24, 2.45) is 0 Å². The molecule has 1 saturated heterocycles. The summed E-state index contributed by atoms with van der Waals surface area (Å²) in [7, 11) is -0.520. The predicted octanol–water partition coefficient (Wildman–Crippen LogP) is 2.29. The number of rotatable bonds is 6. The fourth-order valence-electron chi connectivity index (χ4n) is 3.18. The molecule has 7 nitrogen and oxygen atoms in total. The molecule has 0 atom stereocenters. The lowest BCUT2D eigenvalue weighted by molar-refractivity contribution is 0.0711. The Morgan fingerprint density at radius 2 is 1.64 bits per heavy atom. The number of benzene rings is 2. The highest BCUT2D eigenvalue weighted by atomic mass is 32.2. The lowest BCUT2D eigenvalue weighted by atomic mass is 10.0. The van der Waals surface area contributed by atoms with E-state index < -0.39 is 10.0 Å². The van der Waals surface area contributed by atoms with Crippen molar-refractivity contribution in [2.45, 2.75) is 23.8 Å². The number of methoxy groups -OCH3 is 2. The number of hydrogen-bond acceptors (Lipinski definition) is 5. The van der Waals surface area contributed by atoms with Crippen LogP contribution in [0.1, 0.15) is 23.2 Å². The highest BCUT2D eigenvalue weighted by Gasteiger charge is 2.27. The number of nitrogens with one attached hydrogen (secondary N) is 1. The number of nitrogens with zero attached hydrogens (tertiary/aromatic N) is 1. The molecular weight excluding hydrogens is 380 g/mol. The van der Waals surface area contributed by atoms with Crippen molar-refractivity contribution < 1.29 is 22.7 Å².